The molecule has 0 bridgehead atoms. The number of benzene rings is 3. The van der Waals surface area contributed by atoms with Crippen molar-refractivity contribution in [3.8, 4) is 0 Å². The van der Waals surface area contributed by atoms with Gasteiger partial charge in [0.05, 0.1) is 11.6 Å². The highest BCUT2D eigenvalue weighted by Crippen LogP contribution is 2.28. The second kappa shape index (κ2) is 11.9. The zero-order chi connectivity index (χ0) is 26.3. The van der Waals surface area contributed by atoms with Gasteiger partial charge in [-0.05, 0) is 54.9 Å². The first-order chi connectivity index (χ1) is 18.6. The van der Waals surface area contributed by atoms with Crippen LogP contribution < -0.4 is 20.9 Å². The quantitative estimate of drug-likeness (QED) is 0.282. The maximum Gasteiger partial charge on any atom is 0.315 e. The van der Waals surface area contributed by atoms with Crippen LogP contribution in [0.3, 0.4) is 0 Å². The summed E-state index contributed by atoms with van der Waals surface area (Å²) in [4.78, 5) is 24.5. The number of amides is 2. The molecule has 4 aromatic rings. The van der Waals surface area contributed by atoms with E-state index in [1.165, 1.54) is 0 Å². The lowest BCUT2D eigenvalue weighted by Gasteiger charge is -2.30. The number of fused-ring (bicyclic) bond motifs is 1. The molecule has 0 radical (unpaired) electrons. The molecule has 7 nitrogen and oxygen atoms in total. The van der Waals surface area contributed by atoms with Gasteiger partial charge in [-0.1, -0.05) is 72.8 Å². The first kappa shape index (κ1) is 25.5. The van der Waals surface area contributed by atoms with E-state index in [4.69, 9.17) is 9.97 Å². The third-order valence-corrected chi connectivity index (χ3v) is 7.28. The SMILES string of the molecule is CN(C)c1nc(NC2CCC(CNC(=O)NC(c3ccccc3)c3ccccc3)CC2)nc2ccccc12. The average Bonchev–Trinajstić information content (AvgIpc) is 2.96. The van der Waals surface area contributed by atoms with E-state index in [1.807, 2.05) is 97.9 Å². The number of carbonyl (C=O) groups excluding carboxylic acids is 1. The fraction of sp³-hybridized carbons (Fsp3) is 0.323. The molecule has 0 unspecified atom stereocenters. The molecule has 5 rings (SSSR count). The van der Waals surface area contributed by atoms with Gasteiger partial charge in [0.1, 0.15) is 5.82 Å². The summed E-state index contributed by atoms with van der Waals surface area (Å²) in [5.74, 6) is 2.06. The first-order valence-electron chi connectivity index (χ1n) is 13.4. The fourth-order valence-electron chi connectivity index (χ4n) is 5.23. The van der Waals surface area contributed by atoms with Gasteiger partial charge in [0.25, 0.3) is 0 Å². The molecule has 7 heteroatoms. The monoisotopic (exact) mass is 508 g/mol. The Bertz CT molecular complexity index is 1300. The molecular formula is C31H36N6O. The lowest BCUT2D eigenvalue weighted by Crippen LogP contribution is -2.41. The summed E-state index contributed by atoms with van der Waals surface area (Å²) < 4.78 is 0. The molecule has 1 saturated carbocycles. The van der Waals surface area contributed by atoms with Crippen molar-refractivity contribution in [1.82, 2.24) is 20.6 Å². The van der Waals surface area contributed by atoms with Crippen LogP contribution in [0.4, 0.5) is 16.6 Å². The highest BCUT2D eigenvalue weighted by atomic mass is 16.2. The summed E-state index contributed by atoms with van der Waals surface area (Å²) in [5.41, 5.74) is 3.07. The number of aromatic nitrogens is 2. The number of hydrogen-bond donors (Lipinski definition) is 3. The summed E-state index contributed by atoms with van der Waals surface area (Å²) in [6, 6.07) is 28.3. The Morgan fingerprint density at radius 3 is 2.08 bits per heavy atom. The number of nitrogens with one attached hydrogen (secondary N) is 3. The van der Waals surface area contributed by atoms with Crippen molar-refractivity contribution in [2.45, 2.75) is 37.8 Å². The van der Waals surface area contributed by atoms with Gasteiger partial charge in [-0.15, -0.1) is 0 Å². The lowest BCUT2D eigenvalue weighted by molar-refractivity contribution is 0.233. The van der Waals surface area contributed by atoms with Gasteiger partial charge in [0.2, 0.25) is 5.95 Å². The van der Waals surface area contributed by atoms with Crippen LogP contribution in [0.15, 0.2) is 84.9 Å². The molecule has 0 atom stereocenters. The van der Waals surface area contributed by atoms with E-state index in [9.17, 15) is 4.79 Å². The number of hydrogen-bond acceptors (Lipinski definition) is 5. The summed E-state index contributed by atoms with van der Waals surface area (Å²) in [6.45, 7) is 0.673. The highest BCUT2D eigenvalue weighted by Gasteiger charge is 2.23. The number of para-hydroxylation sites is 1. The lowest BCUT2D eigenvalue weighted by atomic mass is 9.86. The van der Waals surface area contributed by atoms with Gasteiger partial charge in [-0.2, -0.15) is 4.98 Å². The van der Waals surface area contributed by atoms with E-state index in [0.29, 0.717) is 24.5 Å². The third-order valence-electron chi connectivity index (χ3n) is 7.28. The minimum atomic E-state index is -0.189. The molecule has 3 N–H and O–H groups in total. The van der Waals surface area contributed by atoms with Crippen LogP contribution in [0.1, 0.15) is 42.9 Å². The Kier molecular flexibility index (Phi) is 8.02. The number of nitrogens with zero attached hydrogens (tertiary/aromatic N) is 3. The van der Waals surface area contributed by atoms with E-state index in [-0.39, 0.29) is 12.1 Å². The minimum absolute atomic E-state index is 0.135. The van der Waals surface area contributed by atoms with Crippen LogP contribution in [0.2, 0.25) is 0 Å². The largest absolute Gasteiger partial charge is 0.362 e. The summed E-state index contributed by atoms with van der Waals surface area (Å²) >= 11 is 0. The molecule has 196 valence electrons. The van der Waals surface area contributed by atoms with E-state index >= 15 is 0 Å². The standard InChI is InChI=1S/C31H36N6O/c1-37(2)29-26-15-9-10-16-27(26)34-30(36-29)33-25-19-17-22(18-20-25)21-32-31(38)35-28(23-11-5-3-6-12-23)24-13-7-4-8-14-24/h3-16,22,25,28H,17-21H2,1-2H3,(H2,32,35,38)(H,33,34,36). The van der Waals surface area contributed by atoms with Crippen molar-refractivity contribution in [2.75, 3.05) is 30.9 Å². The molecule has 0 spiro atoms. The summed E-state index contributed by atoms with van der Waals surface area (Å²) in [7, 11) is 4.02. The Morgan fingerprint density at radius 1 is 0.842 bits per heavy atom. The van der Waals surface area contributed by atoms with Crippen LogP contribution >= 0.6 is 0 Å². The van der Waals surface area contributed by atoms with Crippen molar-refractivity contribution in [3.63, 3.8) is 0 Å². The number of rotatable bonds is 8. The Labute approximate surface area is 224 Å². The van der Waals surface area contributed by atoms with Gasteiger partial charge < -0.3 is 20.9 Å². The van der Waals surface area contributed by atoms with Crippen LogP contribution in [-0.2, 0) is 0 Å². The van der Waals surface area contributed by atoms with Gasteiger partial charge in [0.15, 0.2) is 0 Å². The summed E-state index contributed by atoms with van der Waals surface area (Å²) in [5, 5.41) is 10.9. The summed E-state index contributed by atoms with van der Waals surface area (Å²) in [6.07, 6.45) is 4.15. The normalized spacial score (nSPS) is 17.2. The molecule has 2 amide bonds. The van der Waals surface area contributed by atoms with Gasteiger partial charge in [-0.25, -0.2) is 9.78 Å². The van der Waals surface area contributed by atoms with Crippen LogP contribution in [0, 0.1) is 5.92 Å². The zero-order valence-electron chi connectivity index (χ0n) is 22.1. The van der Waals surface area contributed by atoms with E-state index < -0.39 is 0 Å². The smallest absolute Gasteiger partial charge is 0.315 e. The van der Waals surface area contributed by atoms with E-state index in [0.717, 1.165) is 53.5 Å². The molecule has 1 aliphatic carbocycles. The Hall–Kier alpha value is -4.13. The van der Waals surface area contributed by atoms with Crippen molar-refractivity contribution in [2.24, 2.45) is 5.92 Å². The Morgan fingerprint density at radius 2 is 1.45 bits per heavy atom. The predicted molar refractivity (Wildman–Crippen MR) is 154 cm³/mol. The third kappa shape index (κ3) is 6.22. The fourth-order valence-corrected chi connectivity index (χ4v) is 5.23. The molecule has 0 saturated heterocycles. The molecule has 38 heavy (non-hydrogen) atoms. The predicted octanol–water partition coefficient (Wildman–Crippen LogP) is 5.76. The van der Waals surface area contributed by atoms with Crippen LogP contribution in [0.25, 0.3) is 10.9 Å². The van der Waals surface area contributed by atoms with Gasteiger partial charge in [-0.3, -0.25) is 0 Å². The van der Waals surface area contributed by atoms with Crippen molar-refractivity contribution in [1.29, 1.82) is 0 Å². The maximum absolute atomic E-state index is 12.9. The van der Waals surface area contributed by atoms with Crippen LogP contribution in [-0.4, -0.2) is 42.7 Å². The topological polar surface area (TPSA) is 82.2 Å². The molecule has 1 aromatic heterocycles. The number of anilines is 2. The highest BCUT2D eigenvalue weighted by molar-refractivity contribution is 5.90. The van der Waals surface area contributed by atoms with E-state index in [1.54, 1.807) is 0 Å². The molecule has 3 aromatic carbocycles. The maximum atomic E-state index is 12.9. The second-order valence-corrected chi connectivity index (χ2v) is 10.3. The average molecular weight is 509 g/mol. The molecule has 1 heterocycles. The molecule has 0 aliphatic heterocycles. The van der Waals surface area contributed by atoms with Gasteiger partial charge in [0, 0.05) is 32.1 Å². The minimum Gasteiger partial charge on any atom is -0.362 e. The Balaban J connectivity index is 1.14. The molecule has 1 fully saturated rings. The number of urea groups is 1. The zero-order valence-corrected chi connectivity index (χ0v) is 22.1. The second-order valence-electron chi connectivity index (χ2n) is 10.3. The molecular weight excluding hydrogens is 472 g/mol. The van der Waals surface area contributed by atoms with Crippen LogP contribution in [0.5, 0.6) is 0 Å². The molecule has 1 aliphatic rings. The van der Waals surface area contributed by atoms with Gasteiger partial charge >= 0.3 is 6.03 Å². The van der Waals surface area contributed by atoms with Crippen molar-refractivity contribution >= 4 is 28.7 Å². The van der Waals surface area contributed by atoms with Crippen molar-refractivity contribution < 1.29 is 4.79 Å². The van der Waals surface area contributed by atoms with E-state index in [2.05, 4.69) is 22.0 Å². The van der Waals surface area contributed by atoms with Crippen molar-refractivity contribution in [3.05, 3.63) is 96.1 Å². The number of carbonyl (C=O) groups is 1. The first-order valence-corrected chi connectivity index (χ1v) is 13.4.